The first-order chi connectivity index (χ1) is 9.05. The lowest BCUT2D eigenvalue weighted by molar-refractivity contribution is 0.0352. The Bertz CT molecular complexity index is 597. The van der Waals surface area contributed by atoms with Crippen LogP contribution in [0.3, 0.4) is 0 Å². The Hall–Kier alpha value is -1.61. The maximum atomic E-state index is 10.1. The van der Waals surface area contributed by atoms with Crippen LogP contribution in [0, 0.1) is 6.92 Å². The van der Waals surface area contributed by atoms with Gasteiger partial charge in [-0.2, -0.15) is 0 Å². The third-order valence-electron chi connectivity index (χ3n) is 4.00. The zero-order valence-electron chi connectivity index (χ0n) is 11.6. The lowest BCUT2D eigenvalue weighted by Crippen LogP contribution is -2.42. The van der Waals surface area contributed by atoms with Crippen LogP contribution in [-0.2, 0) is 0 Å². The Balaban J connectivity index is 2.01. The van der Waals surface area contributed by atoms with Crippen molar-refractivity contribution in [3.8, 4) is 0 Å². The predicted molar refractivity (Wildman–Crippen MR) is 78.6 cm³/mol. The van der Waals surface area contributed by atoms with E-state index in [1.807, 2.05) is 19.9 Å². The van der Waals surface area contributed by atoms with E-state index in [0.29, 0.717) is 0 Å². The van der Waals surface area contributed by atoms with Crippen molar-refractivity contribution in [3.05, 3.63) is 36.0 Å². The molecule has 3 heteroatoms. The smallest absolute Gasteiger partial charge is 0.0726 e. The van der Waals surface area contributed by atoms with E-state index in [-0.39, 0.29) is 0 Å². The molecule has 0 spiro atoms. The first-order valence-corrected chi connectivity index (χ1v) is 6.89. The highest BCUT2D eigenvalue weighted by Crippen LogP contribution is 2.31. The molecule has 0 saturated carbocycles. The number of rotatable bonds is 1. The fraction of sp³-hybridized carbons (Fsp3) is 0.438. The largest absolute Gasteiger partial charge is 0.390 e. The molecule has 0 bridgehead atoms. The maximum Gasteiger partial charge on any atom is 0.0726 e. The van der Waals surface area contributed by atoms with Gasteiger partial charge in [0.1, 0.15) is 0 Å². The van der Waals surface area contributed by atoms with Gasteiger partial charge in [-0.1, -0.05) is 18.2 Å². The number of hydrogen-bond acceptors (Lipinski definition) is 3. The molecule has 100 valence electrons. The fourth-order valence-corrected chi connectivity index (χ4v) is 2.78. The standard InChI is InChI=1S/C16H20N2O/c1-12-11-15(13-5-3-4-6-14(13)17-12)18-9-7-16(2,19)8-10-18/h3-6,11,19H,7-10H2,1-2H3. The molecule has 1 saturated heterocycles. The van der Waals surface area contributed by atoms with Gasteiger partial charge in [-0.3, -0.25) is 4.98 Å². The highest BCUT2D eigenvalue weighted by molar-refractivity contribution is 5.92. The number of para-hydroxylation sites is 1. The zero-order chi connectivity index (χ0) is 13.5. The van der Waals surface area contributed by atoms with Gasteiger partial charge in [0.05, 0.1) is 11.1 Å². The minimum Gasteiger partial charge on any atom is -0.390 e. The number of aromatic nitrogens is 1. The van der Waals surface area contributed by atoms with Crippen LogP contribution in [0.2, 0.25) is 0 Å². The van der Waals surface area contributed by atoms with E-state index in [4.69, 9.17) is 0 Å². The summed E-state index contributed by atoms with van der Waals surface area (Å²) >= 11 is 0. The molecule has 1 aromatic heterocycles. The van der Waals surface area contributed by atoms with Crippen LogP contribution in [0.1, 0.15) is 25.5 Å². The summed E-state index contributed by atoms with van der Waals surface area (Å²) in [6.07, 6.45) is 1.64. The molecule has 19 heavy (non-hydrogen) atoms. The zero-order valence-corrected chi connectivity index (χ0v) is 11.6. The number of aryl methyl sites for hydroxylation is 1. The van der Waals surface area contributed by atoms with Crippen molar-refractivity contribution in [2.24, 2.45) is 0 Å². The van der Waals surface area contributed by atoms with Crippen molar-refractivity contribution in [2.75, 3.05) is 18.0 Å². The van der Waals surface area contributed by atoms with Crippen molar-refractivity contribution >= 4 is 16.6 Å². The van der Waals surface area contributed by atoms with Crippen LogP contribution in [0.5, 0.6) is 0 Å². The maximum absolute atomic E-state index is 10.1. The summed E-state index contributed by atoms with van der Waals surface area (Å²) in [6.45, 7) is 5.77. The Labute approximate surface area is 113 Å². The van der Waals surface area contributed by atoms with Crippen LogP contribution >= 0.6 is 0 Å². The van der Waals surface area contributed by atoms with Crippen LogP contribution in [0.25, 0.3) is 10.9 Å². The van der Waals surface area contributed by atoms with Crippen LogP contribution < -0.4 is 4.90 Å². The molecule has 3 rings (SSSR count). The van der Waals surface area contributed by atoms with Crippen molar-refractivity contribution in [2.45, 2.75) is 32.3 Å². The van der Waals surface area contributed by atoms with Crippen molar-refractivity contribution in [1.29, 1.82) is 0 Å². The average Bonchev–Trinajstić information content (AvgIpc) is 2.38. The van der Waals surface area contributed by atoms with Gasteiger partial charge in [-0.05, 0) is 38.8 Å². The molecule has 2 heterocycles. The summed E-state index contributed by atoms with van der Waals surface area (Å²) in [4.78, 5) is 6.95. The lowest BCUT2D eigenvalue weighted by atomic mass is 9.93. The third kappa shape index (κ3) is 2.43. The second kappa shape index (κ2) is 4.49. The van der Waals surface area contributed by atoms with Crippen molar-refractivity contribution in [1.82, 2.24) is 4.98 Å². The molecule has 3 nitrogen and oxygen atoms in total. The number of fused-ring (bicyclic) bond motifs is 1. The molecule has 2 aromatic rings. The predicted octanol–water partition coefficient (Wildman–Crippen LogP) is 2.89. The Morgan fingerprint density at radius 2 is 1.89 bits per heavy atom. The Kier molecular flexibility index (Phi) is 2.94. The van der Waals surface area contributed by atoms with E-state index in [2.05, 4.69) is 34.1 Å². The Morgan fingerprint density at radius 1 is 1.21 bits per heavy atom. The van der Waals surface area contributed by atoms with Crippen LogP contribution in [0.4, 0.5) is 5.69 Å². The number of pyridine rings is 1. The highest BCUT2D eigenvalue weighted by Gasteiger charge is 2.28. The van der Waals surface area contributed by atoms with Gasteiger partial charge in [-0.25, -0.2) is 0 Å². The number of aliphatic hydroxyl groups is 1. The van der Waals surface area contributed by atoms with E-state index in [1.54, 1.807) is 0 Å². The summed E-state index contributed by atoms with van der Waals surface area (Å²) in [7, 11) is 0. The molecule has 0 amide bonds. The van der Waals surface area contributed by atoms with E-state index < -0.39 is 5.60 Å². The van der Waals surface area contributed by atoms with E-state index in [9.17, 15) is 5.11 Å². The quantitative estimate of drug-likeness (QED) is 0.852. The molecule has 0 radical (unpaired) electrons. The molecule has 1 fully saturated rings. The first kappa shape index (κ1) is 12.4. The molecule has 1 aliphatic rings. The fourth-order valence-electron chi connectivity index (χ4n) is 2.78. The Morgan fingerprint density at radius 3 is 2.63 bits per heavy atom. The van der Waals surface area contributed by atoms with E-state index in [0.717, 1.165) is 37.1 Å². The second-order valence-electron chi connectivity index (χ2n) is 5.78. The van der Waals surface area contributed by atoms with E-state index >= 15 is 0 Å². The SMILES string of the molecule is Cc1cc(N2CCC(C)(O)CC2)c2ccccc2n1. The van der Waals surface area contributed by atoms with Gasteiger partial charge in [-0.15, -0.1) is 0 Å². The van der Waals surface area contributed by atoms with E-state index in [1.165, 1.54) is 11.1 Å². The first-order valence-electron chi connectivity index (χ1n) is 6.89. The molecule has 1 aliphatic heterocycles. The average molecular weight is 256 g/mol. The molecule has 0 atom stereocenters. The van der Waals surface area contributed by atoms with Crippen molar-refractivity contribution in [3.63, 3.8) is 0 Å². The summed E-state index contributed by atoms with van der Waals surface area (Å²) in [5.41, 5.74) is 2.84. The van der Waals surface area contributed by atoms with Gasteiger partial charge < -0.3 is 10.0 Å². The molecule has 1 N–H and O–H groups in total. The third-order valence-corrected chi connectivity index (χ3v) is 4.00. The summed E-state index contributed by atoms with van der Waals surface area (Å²) in [5.74, 6) is 0. The summed E-state index contributed by atoms with van der Waals surface area (Å²) in [6, 6.07) is 10.4. The molecule has 0 unspecified atom stereocenters. The van der Waals surface area contributed by atoms with Gasteiger partial charge >= 0.3 is 0 Å². The number of hydrogen-bond donors (Lipinski definition) is 1. The second-order valence-corrected chi connectivity index (χ2v) is 5.78. The van der Waals surface area contributed by atoms with Crippen molar-refractivity contribution < 1.29 is 5.11 Å². The normalized spacial score (nSPS) is 18.8. The van der Waals surface area contributed by atoms with Gasteiger partial charge in [0.25, 0.3) is 0 Å². The minimum absolute atomic E-state index is 0.506. The van der Waals surface area contributed by atoms with Gasteiger partial charge in [0.2, 0.25) is 0 Å². The monoisotopic (exact) mass is 256 g/mol. The molecular weight excluding hydrogens is 236 g/mol. The summed E-state index contributed by atoms with van der Waals surface area (Å²) < 4.78 is 0. The molecule has 0 aliphatic carbocycles. The number of nitrogens with zero attached hydrogens (tertiary/aromatic N) is 2. The number of piperidine rings is 1. The van der Waals surface area contributed by atoms with Gasteiger partial charge in [0.15, 0.2) is 0 Å². The topological polar surface area (TPSA) is 36.4 Å². The molecular formula is C16H20N2O. The lowest BCUT2D eigenvalue weighted by Gasteiger charge is -2.37. The summed E-state index contributed by atoms with van der Waals surface area (Å²) in [5, 5.41) is 11.3. The van der Waals surface area contributed by atoms with Crippen LogP contribution in [-0.4, -0.2) is 28.8 Å². The highest BCUT2D eigenvalue weighted by atomic mass is 16.3. The van der Waals surface area contributed by atoms with Gasteiger partial charge in [0, 0.05) is 29.9 Å². The molecule has 1 aromatic carbocycles. The number of anilines is 1. The minimum atomic E-state index is -0.506. The number of benzene rings is 1. The van der Waals surface area contributed by atoms with Crippen LogP contribution in [0.15, 0.2) is 30.3 Å².